The highest BCUT2D eigenvalue weighted by molar-refractivity contribution is 8.76. The maximum atomic E-state index is 5.58. The lowest BCUT2D eigenvalue weighted by atomic mass is 10.2. The zero-order valence-electron chi connectivity index (χ0n) is 8.32. The van der Waals surface area contributed by atoms with Crippen molar-refractivity contribution in [2.45, 2.75) is 11.4 Å². The number of hydrogen-bond acceptors (Lipinski definition) is 4. The molecule has 14 heavy (non-hydrogen) atoms. The summed E-state index contributed by atoms with van der Waals surface area (Å²) in [6, 6.07) is 6.40. The number of ether oxygens (including phenoxy) is 1. The van der Waals surface area contributed by atoms with Crippen LogP contribution >= 0.6 is 21.6 Å². The summed E-state index contributed by atoms with van der Waals surface area (Å²) in [5.74, 6) is 1.04. The van der Waals surface area contributed by atoms with Crippen molar-refractivity contribution in [1.29, 1.82) is 0 Å². The molecule has 0 spiro atoms. The number of nitrogens with zero attached hydrogens (tertiary/aromatic N) is 1. The molecule has 0 N–H and O–H groups in total. The first kappa shape index (κ1) is 10.2. The van der Waals surface area contributed by atoms with Gasteiger partial charge in [0.2, 0.25) is 0 Å². The van der Waals surface area contributed by atoms with Crippen molar-refractivity contribution in [3.05, 3.63) is 23.8 Å². The summed E-state index contributed by atoms with van der Waals surface area (Å²) in [6.07, 6.45) is 2.09. The predicted molar refractivity (Wildman–Crippen MR) is 62.8 cm³/mol. The topological polar surface area (TPSA) is 12.5 Å². The highest BCUT2D eigenvalue weighted by atomic mass is 33.1. The molecule has 0 saturated carbocycles. The molecule has 2 nitrogen and oxygen atoms in total. The summed E-state index contributed by atoms with van der Waals surface area (Å²) in [7, 11) is 5.63. The van der Waals surface area contributed by atoms with Gasteiger partial charge in [0.1, 0.15) is 12.5 Å². The molecule has 2 rings (SSSR count). The van der Waals surface area contributed by atoms with Gasteiger partial charge in [-0.05, 0) is 31.5 Å². The number of rotatable bonds is 2. The Morgan fingerprint density at radius 1 is 1.43 bits per heavy atom. The quantitative estimate of drug-likeness (QED) is 0.720. The van der Waals surface area contributed by atoms with E-state index in [1.54, 1.807) is 21.6 Å². The van der Waals surface area contributed by atoms with Gasteiger partial charge in [-0.25, -0.2) is 0 Å². The van der Waals surface area contributed by atoms with Crippen LogP contribution in [-0.4, -0.2) is 24.9 Å². The van der Waals surface area contributed by atoms with Gasteiger partial charge in [0.15, 0.2) is 0 Å². The van der Waals surface area contributed by atoms with Crippen molar-refractivity contribution in [3.8, 4) is 5.75 Å². The molecule has 0 amide bonds. The third-order valence-electron chi connectivity index (χ3n) is 2.09. The maximum Gasteiger partial charge on any atom is 0.142 e. The largest absolute Gasteiger partial charge is 0.478 e. The molecule has 0 bridgehead atoms. The Kier molecular flexibility index (Phi) is 3.26. The fourth-order valence-corrected chi connectivity index (χ4v) is 2.88. The van der Waals surface area contributed by atoms with Gasteiger partial charge in [-0.1, -0.05) is 21.6 Å². The Hall–Kier alpha value is -0.320. The van der Waals surface area contributed by atoms with E-state index in [0.29, 0.717) is 6.73 Å². The average Bonchev–Trinajstić information content (AvgIpc) is 2.17. The summed E-state index contributed by atoms with van der Waals surface area (Å²) >= 11 is 0. The minimum Gasteiger partial charge on any atom is -0.478 e. The van der Waals surface area contributed by atoms with Gasteiger partial charge in [0.25, 0.3) is 0 Å². The Balaban J connectivity index is 2.24. The zero-order chi connectivity index (χ0) is 9.97. The van der Waals surface area contributed by atoms with E-state index in [1.165, 1.54) is 10.5 Å². The SMILES string of the molecule is CSSc1ccc2c(c1)CN(C)CO2. The molecular weight excluding hydrogens is 214 g/mol. The second-order valence-corrected chi connectivity index (χ2v) is 5.78. The van der Waals surface area contributed by atoms with Crippen LogP contribution in [0.1, 0.15) is 5.56 Å². The van der Waals surface area contributed by atoms with E-state index in [-0.39, 0.29) is 0 Å². The molecule has 4 heteroatoms. The van der Waals surface area contributed by atoms with Crippen molar-refractivity contribution in [2.75, 3.05) is 20.0 Å². The van der Waals surface area contributed by atoms with Crippen LogP contribution in [-0.2, 0) is 6.54 Å². The van der Waals surface area contributed by atoms with Crippen LogP contribution in [0.25, 0.3) is 0 Å². The van der Waals surface area contributed by atoms with E-state index in [9.17, 15) is 0 Å². The van der Waals surface area contributed by atoms with Gasteiger partial charge in [-0.2, -0.15) is 0 Å². The van der Waals surface area contributed by atoms with E-state index in [0.717, 1.165) is 12.3 Å². The third-order valence-corrected chi connectivity index (χ3v) is 3.78. The summed E-state index contributed by atoms with van der Waals surface area (Å²) in [5.41, 5.74) is 1.29. The predicted octanol–water partition coefficient (Wildman–Crippen LogP) is 2.84. The molecule has 1 aliphatic heterocycles. The van der Waals surface area contributed by atoms with Gasteiger partial charge >= 0.3 is 0 Å². The van der Waals surface area contributed by atoms with E-state index < -0.39 is 0 Å². The molecule has 1 aromatic carbocycles. The van der Waals surface area contributed by atoms with Crippen molar-refractivity contribution in [3.63, 3.8) is 0 Å². The van der Waals surface area contributed by atoms with Gasteiger partial charge in [-0.15, -0.1) is 0 Å². The number of hydrogen-bond donors (Lipinski definition) is 0. The molecule has 0 aromatic heterocycles. The lowest BCUT2D eigenvalue weighted by molar-refractivity contribution is 0.121. The number of fused-ring (bicyclic) bond motifs is 1. The summed E-state index contributed by atoms with van der Waals surface area (Å²) < 4.78 is 5.58. The normalized spacial score (nSPS) is 16.1. The van der Waals surface area contributed by atoms with Gasteiger partial charge < -0.3 is 4.74 Å². The maximum absolute atomic E-state index is 5.58. The molecule has 0 atom stereocenters. The third kappa shape index (κ3) is 2.19. The van der Waals surface area contributed by atoms with Crippen molar-refractivity contribution < 1.29 is 4.74 Å². The van der Waals surface area contributed by atoms with Crippen LogP contribution in [0.2, 0.25) is 0 Å². The fraction of sp³-hybridized carbons (Fsp3) is 0.400. The first-order valence-electron chi connectivity index (χ1n) is 4.44. The standard InChI is InChI=1S/C10H13NOS2/c1-11-6-8-5-9(14-13-2)3-4-10(8)12-7-11/h3-5H,6-7H2,1-2H3. The second-order valence-electron chi connectivity index (χ2n) is 3.31. The minimum absolute atomic E-state index is 0.696. The van der Waals surface area contributed by atoms with Crippen LogP contribution in [0.5, 0.6) is 5.75 Å². The van der Waals surface area contributed by atoms with Crippen LogP contribution in [0, 0.1) is 0 Å². The summed E-state index contributed by atoms with van der Waals surface area (Å²) in [5, 5.41) is 0. The van der Waals surface area contributed by atoms with E-state index in [1.807, 2.05) is 0 Å². The highest BCUT2D eigenvalue weighted by Gasteiger charge is 2.14. The Morgan fingerprint density at radius 2 is 2.29 bits per heavy atom. The first-order chi connectivity index (χ1) is 6.79. The molecule has 1 heterocycles. The van der Waals surface area contributed by atoms with Crippen molar-refractivity contribution in [1.82, 2.24) is 4.90 Å². The van der Waals surface area contributed by atoms with Crippen molar-refractivity contribution in [2.24, 2.45) is 0 Å². The molecule has 1 aromatic rings. The van der Waals surface area contributed by atoms with Gasteiger partial charge in [0.05, 0.1) is 0 Å². The Labute approximate surface area is 92.4 Å². The molecule has 0 fully saturated rings. The molecule has 0 radical (unpaired) electrons. The van der Waals surface area contributed by atoms with Crippen LogP contribution in [0.4, 0.5) is 0 Å². The van der Waals surface area contributed by atoms with Gasteiger partial charge in [0, 0.05) is 17.0 Å². The fourth-order valence-electron chi connectivity index (χ4n) is 1.48. The molecule has 0 saturated heterocycles. The lowest BCUT2D eigenvalue weighted by Crippen LogP contribution is -2.27. The van der Waals surface area contributed by atoms with Crippen LogP contribution in [0.15, 0.2) is 23.1 Å². The average molecular weight is 227 g/mol. The molecular formula is C10H13NOS2. The summed E-state index contributed by atoms with van der Waals surface area (Å²) in [4.78, 5) is 3.46. The minimum atomic E-state index is 0.696. The van der Waals surface area contributed by atoms with E-state index in [2.05, 4.69) is 36.4 Å². The number of benzene rings is 1. The molecule has 0 aliphatic carbocycles. The van der Waals surface area contributed by atoms with Crippen LogP contribution in [0.3, 0.4) is 0 Å². The van der Waals surface area contributed by atoms with Crippen molar-refractivity contribution >= 4 is 21.6 Å². The summed E-state index contributed by atoms with van der Waals surface area (Å²) in [6.45, 7) is 1.68. The first-order valence-corrected chi connectivity index (χ1v) is 7.00. The Morgan fingerprint density at radius 3 is 3.07 bits per heavy atom. The molecule has 76 valence electrons. The van der Waals surface area contributed by atoms with E-state index >= 15 is 0 Å². The molecule has 1 aliphatic rings. The highest BCUT2D eigenvalue weighted by Crippen LogP contribution is 2.33. The van der Waals surface area contributed by atoms with E-state index in [4.69, 9.17) is 4.74 Å². The zero-order valence-corrected chi connectivity index (χ0v) is 9.95. The monoisotopic (exact) mass is 227 g/mol. The molecule has 0 unspecified atom stereocenters. The van der Waals surface area contributed by atoms with Crippen LogP contribution < -0.4 is 4.74 Å². The Bertz CT molecular complexity index is 330. The smallest absolute Gasteiger partial charge is 0.142 e. The van der Waals surface area contributed by atoms with Gasteiger partial charge in [-0.3, -0.25) is 4.90 Å². The lowest BCUT2D eigenvalue weighted by Gasteiger charge is -2.25. The second kappa shape index (κ2) is 4.47.